The number of aromatic nitrogens is 5. The lowest BCUT2D eigenvalue weighted by Crippen LogP contribution is -2.25. The van der Waals surface area contributed by atoms with E-state index >= 15 is 0 Å². The van der Waals surface area contributed by atoms with E-state index in [2.05, 4.69) is 15.2 Å². The van der Waals surface area contributed by atoms with Crippen LogP contribution in [0.4, 0.5) is 0 Å². The standard InChI is InChI=1S/C23H25N5O4/c1-27-16-25-26-23(27)17-12-18-14-24-15-28(18)22(13-17)32-21-4-2-19(3-5-21)30-10-11-31-20-6-8-29-9-7-20/h2-5,12-16,20H,6-11H2,1H3. The molecular weight excluding hydrogens is 410 g/mol. The summed E-state index contributed by atoms with van der Waals surface area (Å²) in [6.07, 6.45) is 7.36. The van der Waals surface area contributed by atoms with Crippen molar-refractivity contribution >= 4 is 5.52 Å². The molecule has 0 aliphatic carbocycles. The van der Waals surface area contributed by atoms with E-state index in [9.17, 15) is 0 Å². The van der Waals surface area contributed by atoms with Crippen molar-refractivity contribution in [3.63, 3.8) is 0 Å². The maximum absolute atomic E-state index is 6.16. The van der Waals surface area contributed by atoms with Crippen LogP contribution in [-0.2, 0) is 16.5 Å². The van der Waals surface area contributed by atoms with Crippen molar-refractivity contribution in [1.82, 2.24) is 24.1 Å². The Hall–Kier alpha value is -3.43. The molecule has 1 fully saturated rings. The lowest BCUT2D eigenvalue weighted by Gasteiger charge is -2.22. The molecule has 1 aromatic carbocycles. The number of imidazole rings is 1. The van der Waals surface area contributed by atoms with E-state index in [0.717, 1.165) is 48.7 Å². The Labute approximate surface area is 185 Å². The predicted molar refractivity (Wildman–Crippen MR) is 117 cm³/mol. The summed E-state index contributed by atoms with van der Waals surface area (Å²) < 4.78 is 26.9. The Morgan fingerprint density at radius 3 is 2.62 bits per heavy atom. The first-order chi connectivity index (χ1) is 15.8. The van der Waals surface area contributed by atoms with Gasteiger partial charge >= 0.3 is 0 Å². The maximum Gasteiger partial charge on any atom is 0.206 e. The van der Waals surface area contributed by atoms with Crippen LogP contribution >= 0.6 is 0 Å². The number of hydrogen-bond acceptors (Lipinski definition) is 7. The van der Waals surface area contributed by atoms with Crippen LogP contribution in [0.3, 0.4) is 0 Å². The normalized spacial score (nSPS) is 14.7. The fourth-order valence-corrected chi connectivity index (χ4v) is 3.69. The Morgan fingerprint density at radius 1 is 1.03 bits per heavy atom. The topological polar surface area (TPSA) is 84.9 Å². The van der Waals surface area contributed by atoms with Gasteiger partial charge in [-0.2, -0.15) is 0 Å². The van der Waals surface area contributed by atoms with Gasteiger partial charge in [0.15, 0.2) is 5.82 Å². The summed E-state index contributed by atoms with van der Waals surface area (Å²) in [7, 11) is 1.91. The number of aryl methyl sites for hydroxylation is 1. The summed E-state index contributed by atoms with van der Waals surface area (Å²) >= 11 is 0. The van der Waals surface area contributed by atoms with Gasteiger partial charge in [-0.05, 0) is 43.2 Å². The molecule has 0 unspecified atom stereocenters. The third-order valence-corrected chi connectivity index (χ3v) is 5.38. The summed E-state index contributed by atoms with van der Waals surface area (Å²) in [4.78, 5) is 4.24. The SMILES string of the molecule is Cn1cnnc1-c1cc(Oc2ccc(OCCOC3CCOCC3)cc2)n2cncc2c1. The molecule has 0 amide bonds. The minimum Gasteiger partial charge on any atom is -0.491 e. The fourth-order valence-electron chi connectivity index (χ4n) is 3.69. The molecule has 0 spiro atoms. The van der Waals surface area contributed by atoms with Crippen LogP contribution in [0, 0.1) is 0 Å². The van der Waals surface area contributed by atoms with Gasteiger partial charge in [0.2, 0.25) is 5.88 Å². The molecule has 5 rings (SSSR count). The van der Waals surface area contributed by atoms with E-state index < -0.39 is 0 Å². The van der Waals surface area contributed by atoms with Crippen molar-refractivity contribution in [3.05, 3.63) is 55.2 Å². The maximum atomic E-state index is 6.16. The minimum absolute atomic E-state index is 0.278. The molecule has 1 aliphatic heterocycles. The molecule has 3 aromatic heterocycles. The van der Waals surface area contributed by atoms with Crippen molar-refractivity contribution in [2.75, 3.05) is 26.4 Å². The van der Waals surface area contributed by atoms with Crippen molar-refractivity contribution in [1.29, 1.82) is 0 Å². The van der Waals surface area contributed by atoms with E-state index in [1.54, 1.807) is 18.9 Å². The smallest absolute Gasteiger partial charge is 0.206 e. The summed E-state index contributed by atoms with van der Waals surface area (Å²) in [6.45, 7) is 2.63. The molecule has 0 saturated carbocycles. The van der Waals surface area contributed by atoms with E-state index in [0.29, 0.717) is 24.8 Å². The van der Waals surface area contributed by atoms with E-state index in [-0.39, 0.29) is 6.10 Å². The van der Waals surface area contributed by atoms with Gasteiger partial charge in [-0.1, -0.05) is 0 Å². The second-order valence-corrected chi connectivity index (χ2v) is 7.64. The van der Waals surface area contributed by atoms with Crippen LogP contribution in [0.25, 0.3) is 16.9 Å². The van der Waals surface area contributed by atoms with Gasteiger partial charge in [-0.25, -0.2) is 4.98 Å². The van der Waals surface area contributed by atoms with E-state index in [1.807, 2.05) is 52.4 Å². The molecule has 4 heterocycles. The number of benzene rings is 1. The summed E-state index contributed by atoms with van der Waals surface area (Å²) in [5.74, 6) is 2.86. The molecule has 32 heavy (non-hydrogen) atoms. The molecule has 1 aliphatic rings. The monoisotopic (exact) mass is 435 g/mol. The van der Waals surface area contributed by atoms with Crippen molar-refractivity contribution < 1.29 is 18.9 Å². The molecule has 0 atom stereocenters. The predicted octanol–water partition coefficient (Wildman–Crippen LogP) is 3.50. The zero-order chi connectivity index (χ0) is 21.8. The van der Waals surface area contributed by atoms with Crippen LogP contribution in [0.2, 0.25) is 0 Å². The minimum atomic E-state index is 0.278. The number of ether oxygens (including phenoxy) is 4. The first kappa shape index (κ1) is 20.5. The molecule has 0 N–H and O–H groups in total. The molecule has 166 valence electrons. The third-order valence-electron chi connectivity index (χ3n) is 5.38. The zero-order valence-electron chi connectivity index (χ0n) is 17.9. The third kappa shape index (κ3) is 4.58. The van der Waals surface area contributed by atoms with Crippen LogP contribution in [0.5, 0.6) is 17.4 Å². The van der Waals surface area contributed by atoms with Crippen LogP contribution in [0.1, 0.15) is 12.8 Å². The Morgan fingerprint density at radius 2 is 1.84 bits per heavy atom. The Kier molecular flexibility index (Phi) is 6.00. The average Bonchev–Trinajstić information content (AvgIpc) is 3.47. The fraction of sp³-hybridized carbons (Fsp3) is 0.348. The molecule has 4 aromatic rings. The van der Waals surface area contributed by atoms with Crippen LogP contribution < -0.4 is 9.47 Å². The van der Waals surface area contributed by atoms with Gasteiger partial charge in [0.1, 0.15) is 30.8 Å². The Balaban J connectivity index is 1.23. The number of fused-ring (bicyclic) bond motifs is 1. The quantitative estimate of drug-likeness (QED) is 0.392. The van der Waals surface area contributed by atoms with Crippen LogP contribution in [0.15, 0.2) is 55.2 Å². The molecule has 9 heteroatoms. The lowest BCUT2D eigenvalue weighted by atomic mass is 10.2. The summed E-state index contributed by atoms with van der Waals surface area (Å²) in [6, 6.07) is 11.5. The average molecular weight is 435 g/mol. The highest BCUT2D eigenvalue weighted by molar-refractivity contribution is 5.66. The molecule has 9 nitrogen and oxygen atoms in total. The molecule has 0 radical (unpaired) electrons. The van der Waals surface area contributed by atoms with Crippen molar-refractivity contribution in [3.8, 4) is 28.8 Å². The number of nitrogens with zero attached hydrogens (tertiary/aromatic N) is 5. The Bertz CT molecular complexity index is 1160. The largest absolute Gasteiger partial charge is 0.491 e. The number of rotatable bonds is 8. The van der Waals surface area contributed by atoms with Gasteiger partial charge in [0, 0.05) is 31.9 Å². The highest BCUT2D eigenvalue weighted by atomic mass is 16.5. The van der Waals surface area contributed by atoms with Gasteiger partial charge in [-0.15, -0.1) is 10.2 Å². The first-order valence-electron chi connectivity index (χ1n) is 10.7. The zero-order valence-corrected chi connectivity index (χ0v) is 17.9. The van der Waals surface area contributed by atoms with E-state index in [1.165, 1.54) is 0 Å². The van der Waals surface area contributed by atoms with Crippen LogP contribution in [-0.4, -0.2) is 56.7 Å². The molecule has 0 bridgehead atoms. The van der Waals surface area contributed by atoms with Gasteiger partial charge in [0.25, 0.3) is 0 Å². The molecule has 1 saturated heterocycles. The van der Waals surface area contributed by atoms with Gasteiger partial charge in [-0.3, -0.25) is 4.40 Å². The first-order valence-corrected chi connectivity index (χ1v) is 10.7. The highest BCUT2D eigenvalue weighted by Crippen LogP contribution is 2.29. The van der Waals surface area contributed by atoms with Crippen molar-refractivity contribution in [2.24, 2.45) is 7.05 Å². The second kappa shape index (κ2) is 9.37. The number of hydrogen-bond donors (Lipinski definition) is 0. The summed E-state index contributed by atoms with van der Waals surface area (Å²) in [5.41, 5.74) is 1.81. The van der Waals surface area contributed by atoms with Gasteiger partial charge < -0.3 is 23.5 Å². The van der Waals surface area contributed by atoms with E-state index in [4.69, 9.17) is 18.9 Å². The molecular formula is C23H25N5O4. The summed E-state index contributed by atoms with van der Waals surface area (Å²) in [5, 5.41) is 8.16. The van der Waals surface area contributed by atoms with Gasteiger partial charge in [0.05, 0.1) is 24.4 Å². The van der Waals surface area contributed by atoms with Crippen molar-refractivity contribution in [2.45, 2.75) is 18.9 Å². The highest BCUT2D eigenvalue weighted by Gasteiger charge is 2.14. The number of pyridine rings is 1. The lowest BCUT2D eigenvalue weighted by molar-refractivity contribution is -0.0388. The second-order valence-electron chi connectivity index (χ2n) is 7.64.